The summed E-state index contributed by atoms with van der Waals surface area (Å²) in [6.45, 7) is 5.48. The molecule has 0 bridgehead atoms. The molecule has 0 amide bonds. The van der Waals surface area contributed by atoms with E-state index in [1.807, 2.05) is 19.9 Å². The molecule has 0 aliphatic rings. The third kappa shape index (κ3) is 4.11. The highest BCUT2D eigenvalue weighted by atomic mass is 16.5. The first-order chi connectivity index (χ1) is 9.81. The van der Waals surface area contributed by atoms with Crippen LogP contribution in [0.25, 0.3) is 0 Å². The van der Waals surface area contributed by atoms with Crippen molar-refractivity contribution in [3.05, 3.63) is 24.2 Å². The molecular formula is C13H18N4O3. The number of hydrogen-bond donors (Lipinski definition) is 1. The molecule has 0 unspecified atom stereocenters. The maximum atomic E-state index is 5.48. The van der Waals surface area contributed by atoms with E-state index < -0.39 is 0 Å². The second kappa shape index (κ2) is 7.32. The molecule has 0 aromatic carbocycles. The normalized spacial score (nSPS) is 10.3. The molecule has 0 aliphatic heterocycles. The zero-order valence-electron chi connectivity index (χ0n) is 11.6. The van der Waals surface area contributed by atoms with Crippen LogP contribution in [0.3, 0.4) is 0 Å². The molecule has 0 aliphatic carbocycles. The van der Waals surface area contributed by atoms with Crippen LogP contribution in [0.15, 0.2) is 22.8 Å². The largest absolute Gasteiger partial charge is 0.466 e. The monoisotopic (exact) mass is 278 g/mol. The van der Waals surface area contributed by atoms with Crippen molar-refractivity contribution in [2.45, 2.75) is 26.9 Å². The molecule has 2 rings (SSSR count). The van der Waals surface area contributed by atoms with E-state index in [1.165, 1.54) is 0 Å². The van der Waals surface area contributed by atoms with Crippen LogP contribution in [0.4, 0.5) is 5.95 Å². The van der Waals surface area contributed by atoms with Gasteiger partial charge in [0.05, 0.1) is 12.9 Å². The van der Waals surface area contributed by atoms with Gasteiger partial charge in [0.2, 0.25) is 5.95 Å². The number of ether oxygens (including phenoxy) is 2. The lowest BCUT2D eigenvalue weighted by molar-refractivity contribution is 0.236. The van der Waals surface area contributed by atoms with E-state index in [-0.39, 0.29) is 18.6 Å². The van der Waals surface area contributed by atoms with Crippen LogP contribution in [-0.4, -0.2) is 28.1 Å². The topological polar surface area (TPSA) is 82.3 Å². The van der Waals surface area contributed by atoms with Crippen molar-refractivity contribution in [2.24, 2.45) is 0 Å². The second-order valence-corrected chi connectivity index (χ2v) is 3.97. The van der Waals surface area contributed by atoms with Gasteiger partial charge < -0.3 is 19.2 Å². The minimum atomic E-state index is 0.207. The molecule has 0 spiro atoms. The first-order valence-electron chi connectivity index (χ1n) is 6.59. The average molecular weight is 278 g/mol. The van der Waals surface area contributed by atoms with Gasteiger partial charge in [-0.05, 0) is 25.5 Å². The van der Waals surface area contributed by atoms with Gasteiger partial charge in [0.15, 0.2) is 0 Å². The highest BCUT2D eigenvalue weighted by Crippen LogP contribution is 2.14. The third-order valence-electron chi connectivity index (χ3n) is 2.29. The molecule has 1 N–H and O–H groups in total. The highest BCUT2D eigenvalue weighted by Gasteiger charge is 2.09. The van der Waals surface area contributed by atoms with Gasteiger partial charge in [-0.25, -0.2) is 0 Å². The number of nitrogens with one attached hydrogen (secondary N) is 1. The van der Waals surface area contributed by atoms with Crippen molar-refractivity contribution >= 4 is 5.95 Å². The summed E-state index contributed by atoms with van der Waals surface area (Å²) in [5.41, 5.74) is 0. The number of rotatable bonds is 8. The summed E-state index contributed by atoms with van der Waals surface area (Å²) in [6, 6.07) is 4.08. The van der Waals surface area contributed by atoms with Gasteiger partial charge in [-0.1, -0.05) is 6.92 Å². The van der Waals surface area contributed by atoms with E-state index in [9.17, 15) is 0 Å². The summed E-state index contributed by atoms with van der Waals surface area (Å²) < 4.78 is 16.1. The van der Waals surface area contributed by atoms with Gasteiger partial charge in [-0.3, -0.25) is 0 Å². The Morgan fingerprint density at radius 3 is 2.60 bits per heavy atom. The maximum absolute atomic E-state index is 5.48. The van der Waals surface area contributed by atoms with Gasteiger partial charge in [0.25, 0.3) is 0 Å². The molecule has 20 heavy (non-hydrogen) atoms. The lowest BCUT2D eigenvalue weighted by Crippen LogP contribution is -2.09. The fourth-order valence-corrected chi connectivity index (χ4v) is 1.43. The van der Waals surface area contributed by atoms with E-state index in [0.717, 1.165) is 6.42 Å². The van der Waals surface area contributed by atoms with Crippen molar-refractivity contribution in [3.63, 3.8) is 0 Å². The molecule has 2 heterocycles. The van der Waals surface area contributed by atoms with Crippen LogP contribution in [0, 0.1) is 0 Å². The number of anilines is 1. The van der Waals surface area contributed by atoms with Gasteiger partial charge in [-0.2, -0.15) is 9.97 Å². The van der Waals surface area contributed by atoms with Gasteiger partial charge in [0.1, 0.15) is 12.4 Å². The van der Waals surface area contributed by atoms with E-state index in [1.54, 1.807) is 12.3 Å². The molecule has 0 saturated heterocycles. The maximum Gasteiger partial charge on any atom is 0.324 e. The van der Waals surface area contributed by atoms with Crippen molar-refractivity contribution in [3.8, 4) is 12.0 Å². The molecule has 7 heteroatoms. The number of furan rings is 1. The van der Waals surface area contributed by atoms with Crippen molar-refractivity contribution in [1.29, 1.82) is 0 Å². The molecule has 0 radical (unpaired) electrons. The zero-order valence-corrected chi connectivity index (χ0v) is 11.6. The molecule has 2 aromatic heterocycles. The smallest absolute Gasteiger partial charge is 0.324 e. The molecule has 108 valence electrons. The second-order valence-electron chi connectivity index (χ2n) is 3.97. The predicted octanol–water partition coefficient (Wildman–Crippen LogP) is 2.26. The molecular weight excluding hydrogens is 260 g/mol. The van der Waals surface area contributed by atoms with Gasteiger partial charge in [0, 0.05) is 6.54 Å². The van der Waals surface area contributed by atoms with Gasteiger partial charge >= 0.3 is 12.0 Å². The Morgan fingerprint density at radius 2 is 1.95 bits per heavy atom. The van der Waals surface area contributed by atoms with Crippen LogP contribution in [0.2, 0.25) is 0 Å². The van der Waals surface area contributed by atoms with Crippen LogP contribution in [0.5, 0.6) is 12.0 Å². The summed E-state index contributed by atoms with van der Waals surface area (Å²) in [5.74, 6) is 1.13. The summed E-state index contributed by atoms with van der Waals surface area (Å²) >= 11 is 0. The molecule has 0 fully saturated rings. The van der Waals surface area contributed by atoms with Crippen LogP contribution < -0.4 is 14.8 Å². The lowest BCUT2D eigenvalue weighted by atomic mass is 10.5. The zero-order chi connectivity index (χ0) is 14.2. The third-order valence-corrected chi connectivity index (χ3v) is 2.29. The Kier molecular flexibility index (Phi) is 5.16. The average Bonchev–Trinajstić information content (AvgIpc) is 2.96. The standard InChI is InChI=1S/C13H18N4O3/c1-3-7-19-12-15-11(14-4-2)16-13(17-12)20-9-10-6-5-8-18-10/h5-6,8H,3-4,7,9H2,1-2H3,(H,14,15,16,17). The number of hydrogen-bond acceptors (Lipinski definition) is 7. The van der Waals surface area contributed by atoms with Crippen LogP contribution in [-0.2, 0) is 6.61 Å². The van der Waals surface area contributed by atoms with Crippen LogP contribution >= 0.6 is 0 Å². The fourth-order valence-electron chi connectivity index (χ4n) is 1.43. The Hall–Kier alpha value is -2.31. The highest BCUT2D eigenvalue weighted by molar-refractivity contribution is 5.27. The summed E-state index contributed by atoms with van der Waals surface area (Å²) in [7, 11) is 0. The summed E-state index contributed by atoms with van der Waals surface area (Å²) in [6.07, 6.45) is 2.47. The van der Waals surface area contributed by atoms with Crippen molar-refractivity contribution in [1.82, 2.24) is 15.0 Å². The Balaban J connectivity index is 2.06. The van der Waals surface area contributed by atoms with E-state index >= 15 is 0 Å². The minimum Gasteiger partial charge on any atom is -0.466 e. The molecule has 0 saturated carbocycles. The van der Waals surface area contributed by atoms with Crippen LogP contribution in [0.1, 0.15) is 26.0 Å². The van der Waals surface area contributed by atoms with E-state index in [4.69, 9.17) is 13.9 Å². The van der Waals surface area contributed by atoms with E-state index in [2.05, 4.69) is 20.3 Å². The molecule has 0 atom stereocenters. The quantitative estimate of drug-likeness (QED) is 0.793. The number of nitrogens with zero attached hydrogens (tertiary/aromatic N) is 3. The van der Waals surface area contributed by atoms with Crippen molar-refractivity contribution in [2.75, 3.05) is 18.5 Å². The van der Waals surface area contributed by atoms with Gasteiger partial charge in [-0.15, -0.1) is 4.98 Å². The fraction of sp³-hybridized carbons (Fsp3) is 0.462. The molecule has 7 nitrogen and oxygen atoms in total. The predicted molar refractivity (Wildman–Crippen MR) is 72.8 cm³/mol. The lowest BCUT2D eigenvalue weighted by Gasteiger charge is -2.08. The molecule has 2 aromatic rings. The first kappa shape index (κ1) is 14.1. The Bertz CT molecular complexity index is 516. The summed E-state index contributed by atoms with van der Waals surface area (Å²) in [4.78, 5) is 12.4. The first-order valence-corrected chi connectivity index (χ1v) is 6.59. The minimum absolute atomic E-state index is 0.207. The summed E-state index contributed by atoms with van der Waals surface area (Å²) in [5, 5.41) is 3.01. The van der Waals surface area contributed by atoms with Crippen molar-refractivity contribution < 1.29 is 13.9 Å². The Labute approximate surface area is 117 Å². The number of aromatic nitrogens is 3. The Morgan fingerprint density at radius 1 is 1.15 bits per heavy atom. The SMILES string of the molecule is CCCOc1nc(NCC)nc(OCc2ccco2)n1. The van der Waals surface area contributed by atoms with E-state index in [0.29, 0.717) is 24.9 Å².